The van der Waals surface area contributed by atoms with Crippen LogP contribution in [0.5, 0.6) is 0 Å². The van der Waals surface area contributed by atoms with E-state index in [9.17, 15) is 4.79 Å². The van der Waals surface area contributed by atoms with Gasteiger partial charge < -0.3 is 11.1 Å². The van der Waals surface area contributed by atoms with Gasteiger partial charge in [0, 0.05) is 51.7 Å². The van der Waals surface area contributed by atoms with Crippen molar-refractivity contribution in [3.8, 4) is 23.0 Å². The number of benzene rings is 2. The van der Waals surface area contributed by atoms with Gasteiger partial charge in [0.1, 0.15) is 5.56 Å². The Bertz CT molecular complexity index is 1870. The molecule has 1 amide bonds. The number of nitrogens with zero attached hydrogens (tertiary/aromatic N) is 5. The molecule has 6 aromatic rings. The van der Waals surface area contributed by atoms with Crippen molar-refractivity contribution < 1.29 is 4.79 Å². The van der Waals surface area contributed by atoms with Crippen molar-refractivity contribution in [1.82, 2.24) is 29.7 Å². The second-order valence-corrected chi connectivity index (χ2v) is 10.00. The maximum absolute atomic E-state index is 13.4. The number of hydrogen-bond acceptors (Lipinski definition) is 6. The summed E-state index contributed by atoms with van der Waals surface area (Å²) < 4.78 is 4.36. The van der Waals surface area contributed by atoms with Crippen molar-refractivity contribution in [1.29, 1.82) is 0 Å². The fourth-order valence-corrected chi connectivity index (χ4v) is 5.70. The number of anilines is 1. The van der Waals surface area contributed by atoms with Crippen LogP contribution in [-0.4, -0.2) is 30.3 Å². The Morgan fingerprint density at radius 1 is 1.11 bits per heavy atom. The van der Waals surface area contributed by atoms with E-state index in [1.54, 1.807) is 40.7 Å². The van der Waals surface area contributed by atoms with Crippen molar-refractivity contribution >= 4 is 38.8 Å². The van der Waals surface area contributed by atoms with Gasteiger partial charge in [0.25, 0.3) is 5.91 Å². The third-order valence-corrected chi connectivity index (χ3v) is 7.58. The molecular formula is C29H23N7OS. The molecule has 1 atom stereocenters. The van der Waals surface area contributed by atoms with Gasteiger partial charge in [-0.2, -0.15) is 5.10 Å². The molecule has 4 aromatic heterocycles. The van der Waals surface area contributed by atoms with E-state index in [1.165, 1.54) is 4.52 Å². The molecule has 0 unspecified atom stereocenters. The molecule has 0 radical (unpaired) electrons. The average Bonchev–Trinajstić information content (AvgIpc) is 3.61. The molecule has 0 aliphatic heterocycles. The summed E-state index contributed by atoms with van der Waals surface area (Å²) in [7, 11) is 1.87. The van der Waals surface area contributed by atoms with Gasteiger partial charge in [-0.3, -0.25) is 9.48 Å². The summed E-state index contributed by atoms with van der Waals surface area (Å²) in [5.41, 5.74) is 10.7. The van der Waals surface area contributed by atoms with Gasteiger partial charge in [0.2, 0.25) is 0 Å². The summed E-state index contributed by atoms with van der Waals surface area (Å²) in [6, 6.07) is 17.9. The number of nitrogens with two attached hydrogens (primary N) is 1. The molecule has 0 saturated carbocycles. The van der Waals surface area contributed by atoms with Crippen molar-refractivity contribution in [3.63, 3.8) is 0 Å². The summed E-state index contributed by atoms with van der Waals surface area (Å²) in [5.74, 6) is 6.27. The summed E-state index contributed by atoms with van der Waals surface area (Å²) >= 11 is 1.66. The first-order valence-electron chi connectivity index (χ1n) is 12.0. The van der Waals surface area contributed by atoms with Crippen LogP contribution in [0.25, 0.3) is 26.9 Å². The van der Waals surface area contributed by atoms with E-state index in [1.807, 2.05) is 44.4 Å². The average molecular weight is 518 g/mol. The van der Waals surface area contributed by atoms with Crippen LogP contribution in [0, 0.1) is 11.8 Å². The van der Waals surface area contributed by atoms with E-state index in [4.69, 9.17) is 5.73 Å². The van der Waals surface area contributed by atoms with Gasteiger partial charge in [-0.05, 0) is 36.8 Å². The quantitative estimate of drug-likeness (QED) is 0.327. The van der Waals surface area contributed by atoms with Gasteiger partial charge in [0.15, 0.2) is 11.5 Å². The molecule has 3 N–H and O–H groups in total. The normalized spacial score (nSPS) is 11.8. The number of hydrogen-bond donors (Lipinski definition) is 2. The highest BCUT2D eigenvalue weighted by molar-refractivity contribution is 7.19. The number of amides is 1. The smallest absolute Gasteiger partial charge is 0.259 e. The lowest BCUT2D eigenvalue weighted by atomic mass is 9.98. The Labute approximate surface area is 222 Å². The maximum atomic E-state index is 13.4. The number of rotatable bonds is 4. The fraction of sp³-hybridized carbons (Fsp3) is 0.103. The molecule has 0 fully saturated rings. The molecule has 38 heavy (non-hydrogen) atoms. The zero-order valence-corrected chi connectivity index (χ0v) is 21.5. The standard InChI is InChI=1S/C29H23N7OS/c1-18(33-29(37)25-27(30)34-36-14-6-13-31-28(25)36)26-24(21-7-4-3-5-8-21)22-15-19(11-12-23(22)38-26)9-10-20-16-32-35(2)17-20/h3-8,11-18H,1-2H3,(H2,30,34)(H,33,37)/t18-/m0/s1. The van der Waals surface area contributed by atoms with Gasteiger partial charge in [0.05, 0.1) is 17.8 Å². The van der Waals surface area contributed by atoms with E-state index in [-0.39, 0.29) is 23.3 Å². The second kappa shape index (κ2) is 9.50. The topological polar surface area (TPSA) is 103 Å². The fourth-order valence-electron chi connectivity index (χ4n) is 4.49. The number of fused-ring (bicyclic) bond motifs is 2. The van der Waals surface area contributed by atoms with Crippen LogP contribution in [0.3, 0.4) is 0 Å². The first-order chi connectivity index (χ1) is 18.5. The lowest BCUT2D eigenvalue weighted by Crippen LogP contribution is -2.27. The first-order valence-corrected chi connectivity index (χ1v) is 12.8. The SMILES string of the molecule is C[C@H](NC(=O)c1c(N)nn2cccnc12)c1sc2ccc(C#Cc3cnn(C)c3)cc2c1-c1ccccc1. The highest BCUT2D eigenvalue weighted by Gasteiger charge is 2.24. The van der Waals surface area contributed by atoms with Crippen molar-refractivity contribution in [2.45, 2.75) is 13.0 Å². The summed E-state index contributed by atoms with van der Waals surface area (Å²) in [6.07, 6.45) is 6.97. The highest BCUT2D eigenvalue weighted by Crippen LogP contribution is 2.42. The van der Waals surface area contributed by atoms with Gasteiger partial charge in [-0.1, -0.05) is 42.2 Å². The Kier molecular flexibility index (Phi) is 5.86. The zero-order valence-electron chi connectivity index (χ0n) is 20.7. The summed E-state index contributed by atoms with van der Waals surface area (Å²) in [5, 5.41) is 12.6. The Morgan fingerprint density at radius 3 is 2.71 bits per heavy atom. The number of carbonyl (C=O) groups excluding carboxylic acids is 1. The molecule has 0 aliphatic carbocycles. The van der Waals surface area contributed by atoms with Crippen LogP contribution in [0.1, 0.15) is 39.3 Å². The van der Waals surface area contributed by atoms with Crippen LogP contribution < -0.4 is 11.1 Å². The maximum Gasteiger partial charge on any atom is 0.259 e. The highest BCUT2D eigenvalue weighted by atomic mass is 32.1. The zero-order chi connectivity index (χ0) is 26.2. The molecule has 0 saturated heterocycles. The molecule has 9 heteroatoms. The Morgan fingerprint density at radius 2 is 1.92 bits per heavy atom. The largest absolute Gasteiger partial charge is 0.381 e. The van der Waals surface area contributed by atoms with E-state index >= 15 is 0 Å². The van der Waals surface area contributed by atoms with Crippen molar-refractivity contribution in [2.75, 3.05) is 5.73 Å². The number of nitrogen functional groups attached to an aromatic ring is 1. The van der Waals surface area contributed by atoms with Crippen LogP contribution in [0.4, 0.5) is 5.82 Å². The molecule has 0 bridgehead atoms. The monoisotopic (exact) mass is 517 g/mol. The molecule has 4 heterocycles. The third-order valence-electron chi connectivity index (χ3n) is 6.22. The van der Waals surface area contributed by atoms with Crippen molar-refractivity contribution in [2.24, 2.45) is 7.05 Å². The predicted octanol–water partition coefficient (Wildman–Crippen LogP) is 4.82. The van der Waals surface area contributed by atoms with E-state index in [2.05, 4.69) is 56.6 Å². The molecule has 8 nitrogen and oxygen atoms in total. The minimum Gasteiger partial charge on any atom is -0.381 e. The Balaban J connectivity index is 1.40. The first kappa shape index (κ1) is 23.5. The van der Waals surface area contributed by atoms with Crippen LogP contribution in [-0.2, 0) is 7.05 Å². The molecule has 2 aromatic carbocycles. The molecule has 186 valence electrons. The summed E-state index contributed by atoms with van der Waals surface area (Å²) in [6.45, 7) is 1.98. The van der Waals surface area contributed by atoms with Crippen molar-refractivity contribution in [3.05, 3.63) is 101 Å². The lowest BCUT2D eigenvalue weighted by Gasteiger charge is -2.15. The van der Waals surface area contributed by atoms with Gasteiger partial charge >= 0.3 is 0 Å². The van der Waals surface area contributed by atoms with Crippen LogP contribution in [0.15, 0.2) is 79.4 Å². The number of aromatic nitrogens is 5. The Hall–Kier alpha value is -4.94. The number of aryl methyl sites for hydroxylation is 1. The number of carbonyl (C=O) groups is 1. The van der Waals surface area contributed by atoms with Gasteiger partial charge in [-0.25, -0.2) is 9.50 Å². The summed E-state index contributed by atoms with van der Waals surface area (Å²) in [4.78, 5) is 18.7. The third kappa shape index (κ3) is 4.27. The van der Waals surface area contributed by atoms with E-state index < -0.39 is 0 Å². The molecule has 0 aliphatic rings. The number of thiophene rings is 1. The van der Waals surface area contributed by atoms with Gasteiger partial charge in [-0.15, -0.1) is 16.4 Å². The predicted molar refractivity (Wildman–Crippen MR) is 150 cm³/mol. The molecular weight excluding hydrogens is 494 g/mol. The molecule has 6 rings (SSSR count). The minimum atomic E-state index is -0.316. The number of nitrogens with one attached hydrogen (secondary N) is 1. The van der Waals surface area contributed by atoms with Crippen LogP contribution in [0.2, 0.25) is 0 Å². The second-order valence-electron chi connectivity index (χ2n) is 8.91. The van der Waals surface area contributed by atoms with E-state index in [0.29, 0.717) is 5.65 Å². The van der Waals surface area contributed by atoms with Crippen LogP contribution >= 0.6 is 11.3 Å². The molecule has 0 spiro atoms. The van der Waals surface area contributed by atoms with E-state index in [0.717, 1.165) is 37.2 Å². The minimum absolute atomic E-state index is 0.143. The lowest BCUT2D eigenvalue weighted by molar-refractivity contribution is 0.0943.